The third-order valence-electron chi connectivity index (χ3n) is 1.29. The van der Waals surface area contributed by atoms with Crippen molar-refractivity contribution in [2.75, 3.05) is 0 Å². The summed E-state index contributed by atoms with van der Waals surface area (Å²) in [5, 5.41) is 0. The molecule has 0 aliphatic carbocycles. The molecule has 1 rings (SSSR count). The van der Waals surface area contributed by atoms with E-state index in [1.807, 2.05) is 0 Å². The highest BCUT2D eigenvalue weighted by Crippen LogP contribution is 2.26. The first-order valence-corrected chi connectivity index (χ1v) is 4.17. The van der Waals surface area contributed by atoms with E-state index < -0.39 is 18.1 Å². The molecule has 0 aromatic carbocycles. The summed E-state index contributed by atoms with van der Waals surface area (Å²) in [4.78, 5) is 3.26. The molecule has 1 aromatic heterocycles. The SMILES string of the molecule is Cc1cc(F)c(Br)nc1OC(F)(F)F. The van der Waals surface area contributed by atoms with Gasteiger partial charge in [-0.25, -0.2) is 9.37 Å². The highest BCUT2D eigenvalue weighted by Gasteiger charge is 2.32. The Morgan fingerprint density at radius 1 is 1.43 bits per heavy atom. The van der Waals surface area contributed by atoms with Gasteiger partial charge in [-0.3, -0.25) is 0 Å². The molecule has 0 unspecified atom stereocenters. The lowest BCUT2D eigenvalue weighted by molar-refractivity contribution is -0.276. The first kappa shape index (κ1) is 11.2. The van der Waals surface area contributed by atoms with Crippen LogP contribution in [0.2, 0.25) is 0 Å². The average molecular weight is 274 g/mol. The number of aryl methyl sites for hydroxylation is 1. The summed E-state index contributed by atoms with van der Waals surface area (Å²) < 4.78 is 51.3. The second-order valence-corrected chi connectivity index (χ2v) is 3.18. The van der Waals surface area contributed by atoms with E-state index in [1.54, 1.807) is 0 Å². The number of hydrogen-bond donors (Lipinski definition) is 0. The molecule has 0 saturated carbocycles. The van der Waals surface area contributed by atoms with Crippen molar-refractivity contribution < 1.29 is 22.3 Å². The summed E-state index contributed by atoms with van der Waals surface area (Å²) in [6, 6.07) is 0.901. The molecular formula is C7H4BrF4NO. The van der Waals surface area contributed by atoms with Gasteiger partial charge in [0.1, 0.15) is 4.60 Å². The van der Waals surface area contributed by atoms with Crippen molar-refractivity contribution in [3.05, 3.63) is 22.1 Å². The van der Waals surface area contributed by atoms with Crippen LogP contribution >= 0.6 is 15.9 Å². The Kier molecular flexibility index (Phi) is 2.98. The van der Waals surface area contributed by atoms with E-state index in [1.165, 1.54) is 6.92 Å². The minimum atomic E-state index is -4.82. The van der Waals surface area contributed by atoms with E-state index in [2.05, 4.69) is 25.7 Å². The minimum absolute atomic E-state index is 0.0250. The molecule has 0 aliphatic rings. The van der Waals surface area contributed by atoms with E-state index in [9.17, 15) is 17.6 Å². The Morgan fingerprint density at radius 2 is 2.00 bits per heavy atom. The van der Waals surface area contributed by atoms with Gasteiger partial charge in [-0.15, -0.1) is 13.2 Å². The fourth-order valence-electron chi connectivity index (χ4n) is 0.755. The van der Waals surface area contributed by atoms with Crippen molar-refractivity contribution in [2.24, 2.45) is 0 Å². The third-order valence-corrected chi connectivity index (χ3v) is 1.85. The summed E-state index contributed by atoms with van der Waals surface area (Å²) in [5.74, 6) is -1.40. The van der Waals surface area contributed by atoms with E-state index in [0.717, 1.165) is 6.07 Å². The monoisotopic (exact) mass is 273 g/mol. The van der Waals surface area contributed by atoms with Crippen LogP contribution in [-0.2, 0) is 0 Å². The second kappa shape index (κ2) is 3.72. The maximum atomic E-state index is 12.7. The van der Waals surface area contributed by atoms with Crippen molar-refractivity contribution >= 4 is 15.9 Å². The zero-order chi connectivity index (χ0) is 10.9. The number of alkyl halides is 3. The number of pyridine rings is 1. The number of aromatic nitrogens is 1. The Balaban J connectivity index is 3.04. The van der Waals surface area contributed by atoms with Crippen LogP contribution in [0.4, 0.5) is 17.6 Å². The normalized spacial score (nSPS) is 11.6. The van der Waals surface area contributed by atoms with Gasteiger partial charge in [0.15, 0.2) is 5.82 Å². The van der Waals surface area contributed by atoms with Crippen molar-refractivity contribution in [2.45, 2.75) is 13.3 Å². The summed E-state index contributed by atoms with van der Waals surface area (Å²) in [5.41, 5.74) is -0.0250. The minimum Gasteiger partial charge on any atom is -0.388 e. The zero-order valence-electron chi connectivity index (χ0n) is 6.82. The molecule has 0 aliphatic heterocycles. The lowest BCUT2D eigenvalue weighted by Gasteiger charge is -2.10. The summed E-state index contributed by atoms with van der Waals surface area (Å²) in [6.07, 6.45) is -4.82. The van der Waals surface area contributed by atoms with E-state index in [0.29, 0.717) is 0 Å². The van der Waals surface area contributed by atoms with Crippen LogP contribution in [0.1, 0.15) is 5.56 Å². The molecule has 0 bridgehead atoms. The van der Waals surface area contributed by atoms with Crippen LogP contribution in [0, 0.1) is 12.7 Å². The first-order valence-electron chi connectivity index (χ1n) is 3.38. The predicted molar refractivity (Wildman–Crippen MR) is 43.3 cm³/mol. The van der Waals surface area contributed by atoms with Crippen molar-refractivity contribution in [3.63, 3.8) is 0 Å². The van der Waals surface area contributed by atoms with Gasteiger partial charge in [-0.2, -0.15) is 0 Å². The molecule has 1 heterocycles. The lowest BCUT2D eigenvalue weighted by atomic mass is 10.3. The van der Waals surface area contributed by atoms with Gasteiger partial charge in [-0.1, -0.05) is 0 Å². The third kappa shape index (κ3) is 2.83. The van der Waals surface area contributed by atoms with Gasteiger partial charge in [0, 0.05) is 5.56 Å². The molecule has 1 aromatic rings. The highest BCUT2D eigenvalue weighted by molar-refractivity contribution is 9.10. The topological polar surface area (TPSA) is 22.1 Å². The smallest absolute Gasteiger partial charge is 0.388 e. The maximum absolute atomic E-state index is 12.7. The Labute approximate surface area is 85.0 Å². The number of hydrogen-bond acceptors (Lipinski definition) is 2. The van der Waals surface area contributed by atoms with E-state index in [-0.39, 0.29) is 10.2 Å². The maximum Gasteiger partial charge on any atom is 0.574 e. The van der Waals surface area contributed by atoms with Crippen LogP contribution in [-0.4, -0.2) is 11.3 Å². The molecule has 2 nitrogen and oxygen atoms in total. The molecule has 14 heavy (non-hydrogen) atoms. The van der Waals surface area contributed by atoms with Crippen molar-refractivity contribution in [1.82, 2.24) is 4.98 Å². The molecular weight excluding hydrogens is 270 g/mol. The van der Waals surface area contributed by atoms with Gasteiger partial charge in [0.25, 0.3) is 0 Å². The average Bonchev–Trinajstić information content (AvgIpc) is 1.97. The van der Waals surface area contributed by atoms with Crippen LogP contribution in [0.5, 0.6) is 5.88 Å². The molecule has 7 heteroatoms. The Morgan fingerprint density at radius 3 is 2.50 bits per heavy atom. The molecule has 0 fully saturated rings. The molecule has 0 spiro atoms. The molecule has 0 saturated heterocycles. The van der Waals surface area contributed by atoms with Gasteiger partial charge in [0.05, 0.1) is 0 Å². The molecule has 0 radical (unpaired) electrons. The van der Waals surface area contributed by atoms with Gasteiger partial charge in [-0.05, 0) is 28.9 Å². The molecule has 0 amide bonds. The van der Waals surface area contributed by atoms with E-state index >= 15 is 0 Å². The predicted octanol–water partition coefficient (Wildman–Crippen LogP) is 3.19. The number of halogens is 5. The first-order chi connectivity index (χ1) is 6.29. The van der Waals surface area contributed by atoms with Gasteiger partial charge >= 0.3 is 6.36 Å². The summed E-state index contributed by atoms with van der Waals surface area (Å²) in [7, 11) is 0. The van der Waals surface area contributed by atoms with Gasteiger partial charge in [0.2, 0.25) is 5.88 Å². The number of nitrogens with zero attached hydrogens (tertiary/aromatic N) is 1. The highest BCUT2D eigenvalue weighted by atomic mass is 79.9. The quantitative estimate of drug-likeness (QED) is 0.579. The van der Waals surface area contributed by atoms with E-state index in [4.69, 9.17) is 0 Å². The summed E-state index contributed by atoms with van der Waals surface area (Å²) in [6.45, 7) is 1.27. The lowest BCUT2D eigenvalue weighted by Crippen LogP contribution is -2.18. The van der Waals surface area contributed by atoms with Crippen LogP contribution < -0.4 is 4.74 Å². The molecule has 0 atom stereocenters. The van der Waals surface area contributed by atoms with Crippen LogP contribution in [0.3, 0.4) is 0 Å². The molecule has 0 N–H and O–H groups in total. The largest absolute Gasteiger partial charge is 0.574 e. The van der Waals surface area contributed by atoms with Crippen molar-refractivity contribution in [3.8, 4) is 5.88 Å². The number of rotatable bonds is 1. The standard InChI is InChI=1S/C7H4BrF4NO/c1-3-2-4(9)5(8)13-6(3)14-7(10,11)12/h2H,1H3. The van der Waals surface area contributed by atoms with Gasteiger partial charge < -0.3 is 4.74 Å². The fourth-order valence-corrected chi connectivity index (χ4v) is 1.03. The van der Waals surface area contributed by atoms with Crippen LogP contribution in [0.15, 0.2) is 10.7 Å². The summed E-state index contributed by atoms with van der Waals surface area (Å²) >= 11 is 2.65. The van der Waals surface area contributed by atoms with Crippen LogP contribution in [0.25, 0.3) is 0 Å². The zero-order valence-corrected chi connectivity index (χ0v) is 8.41. The second-order valence-electron chi connectivity index (χ2n) is 2.43. The fraction of sp³-hybridized carbons (Fsp3) is 0.286. The molecule has 78 valence electrons. The number of ether oxygens (including phenoxy) is 1. The Bertz CT molecular complexity index is 352. The van der Waals surface area contributed by atoms with Crippen molar-refractivity contribution in [1.29, 1.82) is 0 Å². The Hall–Kier alpha value is -0.850.